The monoisotopic (exact) mass is 199 g/mol. The molecule has 0 radical (unpaired) electrons. The second-order valence-electron chi connectivity index (χ2n) is 4.07. The van der Waals surface area contributed by atoms with Gasteiger partial charge < -0.3 is 16.4 Å². The number of carbonyl (C=O) groups is 1. The highest BCUT2D eigenvalue weighted by Gasteiger charge is 2.37. The Morgan fingerprint density at radius 1 is 1.36 bits per heavy atom. The van der Waals surface area contributed by atoms with Crippen LogP contribution in [0.25, 0.3) is 0 Å². The molecule has 0 atom stereocenters. The number of rotatable bonds is 3. The summed E-state index contributed by atoms with van der Waals surface area (Å²) in [6.07, 6.45) is 5.56. The van der Waals surface area contributed by atoms with Gasteiger partial charge in [-0.2, -0.15) is 0 Å². The number of hydrogen-bond acceptors (Lipinski definition) is 2. The first-order valence-corrected chi connectivity index (χ1v) is 5.43. The predicted octanol–water partition coefficient (Wildman–Crippen LogP) is 1.05. The zero-order valence-electron chi connectivity index (χ0n) is 8.96. The first kappa shape index (κ1) is 11.3. The third-order valence-electron chi connectivity index (χ3n) is 3.32. The molecule has 82 valence electrons. The van der Waals surface area contributed by atoms with Gasteiger partial charge in [0.1, 0.15) is 0 Å². The van der Waals surface area contributed by atoms with Crippen molar-refractivity contribution in [3.63, 3.8) is 0 Å². The van der Waals surface area contributed by atoms with E-state index < -0.39 is 0 Å². The third kappa shape index (κ3) is 2.00. The summed E-state index contributed by atoms with van der Waals surface area (Å²) in [5, 5.41) is 0. The summed E-state index contributed by atoms with van der Waals surface area (Å²) in [4.78, 5) is 13.0. The molecule has 1 fully saturated rings. The number of amides is 2. The average molecular weight is 199 g/mol. The molecule has 14 heavy (non-hydrogen) atoms. The number of carbonyl (C=O) groups excluding carboxylic acids is 1. The van der Waals surface area contributed by atoms with E-state index in [2.05, 4.69) is 0 Å². The number of nitrogens with two attached hydrogens (primary N) is 2. The van der Waals surface area contributed by atoms with Crippen LogP contribution in [0, 0.1) is 0 Å². The molecule has 0 heterocycles. The van der Waals surface area contributed by atoms with E-state index in [4.69, 9.17) is 11.5 Å². The molecular formula is C10H21N3O. The predicted molar refractivity (Wildman–Crippen MR) is 56.8 cm³/mol. The van der Waals surface area contributed by atoms with Crippen LogP contribution < -0.4 is 11.5 Å². The number of hydrogen-bond donors (Lipinski definition) is 2. The van der Waals surface area contributed by atoms with E-state index >= 15 is 0 Å². The van der Waals surface area contributed by atoms with Crippen molar-refractivity contribution in [3.05, 3.63) is 0 Å². The Hall–Kier alpha value is -0.770. The van der Waals surface area contributed by atoms with E-state index in [0.29, 0.717) is 13.1 Å². The van der Waals surface area contributed by atoms with Gasteiger partial charge in [-0.25, -0.2) is 4.79 Å². The maximum atomic E-state index is 11.3. The first-order chi connectivity index (χ1) is 6.66. The molecule has 2 amide bonds. The maximum absolute atomic E-state index is 11.3. The minimum Gasteiger partial charge on any atom is -0.351 e. The number of likely N-dealkylation sites (N-methyl/N-ethyl adjacent to an activating group) is 1. The fourth-order valence-corrected chi connectivity index (χ4v) is 2.52. The zero-order valence-corrected chi connectivity index (χ0v) is 8.96. The van der Waals surface area contributed by atoms with Gasteiger partial charge in [-0.1, -0.05) is 19.3 Å². The van der Waals surface area contributed by atoms with Gasteiger partial charge in [-0.15, -0.1) is 0 Å². The van der Waals surface area contributed by atoms with Crippen molar-refractivity contribution >= 4 is 6.03 Å². The molecule has 0 unspecified atom stereocenters. The Labute approximate surface area is 85.6 Å². The first-order valence-electron chi connectivity index (χ1n) is 5.43. The molecule has 4 N–H and O–H groups in total. The quantitative estimate of drug-likeness (QED) is 0.713. The summed E-state index contributed by atoms with van der Waals surface area (Å²) in [6.45, 7) is 3.15. The van der Waals surface area contributed by atoms with E-state index in [9.17, 15) is 4.79 Å². The van der Waals surface area contributed by atoms with E-state index in [0.717, 1.165) is 25.7 Å². The van der Waals surface area contributed by atoms with Gasteiger partial charge in [-0.05, 0) is 19.8 Å². The molecule has 0 aliphatic heterocycles. The Bertz CT molecular complexity index is 200. The number of urea groups is 1. The lowest BCUT2D eigenvalue weighted by atomic mass is 9.80. The molecule has 1 aliphatic rings. The van der Waals surface area contributed by atoms with Crippen molar-refractivity contribution in [1.29, 1.82) is 0 Å². The van der Waals surface area contributed by atoms with Gasteiger partial charge in [0, 0.05) is 13.1 Å². The molecule has 0 aromatic rings. The minimum absolute atomic E-state index is 0.154. The highest BCUT2D eigenvalue weighted by molar-refractivity contribution is 5.73. The van der Waals surface area contributed by atoms with Crippen molar-refractivity contribution < 1.29 is 4.79 Å². The highest BCUT2D eigenvalue weighted by Crippen LogP contribution is 2.32. The van der Waals surface area contributed by atoms with E-state index in [1.807, 2.05) is 6.92 Å². The summed E-state index contributed by atoms with van der Waals surface area (Å²) in [6, 6.07) is -0.333. The van der Waals surface area contributed by atoms with Gasteiger partial charge >= 0.3 is 6.03 Å². The molecule has 0 bridgehead atoms. The van der Waals surface area contributed by atoms with Crippen molar-refractivity contribution in [3.8, 4) is 0 Å². The Morgan fingerprint density at radius 2 is 1.93 bits per heavy atom. The fraction of sp³-hybridized carbons (Fsp3) is 0.900. The number of primary amides is 1. The molecule has 4 nitrogen and oxygen atoms in total. The molecule has 0 aromatic heterocycles. The molecule has 1 aliphatic carbocycles. The third-order valence-corrected chi connectivity index (χ3v) is 3.32. The Balaban J connectivity index is 2.79. The van der Waals surface area contributed by atoms with Crippen LogP contribution >= 0.6 is 0 Å². The Morgan fingerprint density at radius 3 is 2.29 bits per heavy atom. The van der Waals surface area contributed by atoms with Crippen molar-refractivity contribution in [2.75, 3.05) is 13.1 Å². The van der Waals surface area contributed by atoms with Gasteiger partial charge in [0.25, 0.3) is 0 Å². The van der Waals surface area contributed by atoms with Crippen LogP contribution in [-0.4, -0.2) is 29.6 Å². The van der Waals surface area contributed by atoms with Crippen LogP contribution in [0.3, 0.4) is 0 Å². The summed E-state index contributed by atoms with van der Waals surface area (Å²) in [5.74, 6) is 0. The van der Waals surface area contributed by atoms with Gasteiger partial charge in [0.15, 0.2) is 0 Å². The highest BCUT2D eigenvalue weighted by atomic mass is 16.2. The lowest BCUT2D eigenvalue weighted by Crippen LogP contribution is -2.58. The normalized spacial score (nSPS) is 20.4. The molecule has 1 rings (SSSR count). The fourth-order valence-electron chi connectivity index (χ4n) is 2.52. The van der Waals surface area contributed by atoms with Gasteiger partial charge in [-0.3, -0.25) is 0 Å². The van der Waals surface area contributed by atoms with Crippen LogP contribution in [-0.2, 0) is 0 Å². The van der Waals surface area contributed by atoms with E-state index in [-0.39, 0.29) is 11.6 Å². The number of nitrogens with zero attached hydrogens (tertiary/aromatic N) is 1. The van der Waals surface area contributed by atoms with Crippen molar-refractivity contribution in [2.24, 2.45) is 11.5 Å². The van der Waals surface area contributed by atoms with E-state index in [1.54, 1.807) is 4.90 Å². The molecule has 0 saturated heterocycles. The lowest BCUT2D eigenvalue weighted by molar-refractivity contribution is 0.0929. The van der Waals surface area contributed by atoms with Crippen molar-refractivity contribution in [1.82, 2.24) is 4.90 Å². The van der Waals surface area contributed by atoms with Crippen LogP contribution in [0.1, 0.15) is 39.0 Å². The summed E-state index contributed by atoms with van der Waals surface area (Å²) in [7, 11) is 0. The maximum Gasteiger partial charge on any atom is 0.315 e. The topological polar surface area (TPSA) is 72.3 Å². The van der Waals surface area contributed by atoms with Gasteiger partial charge in [0.05, 0.1) is 5.54 Å². The average Bonchev–Trinajstić information content (AvgIpc) is 2.19. The minimum atomic E-state index is -0.333. The SMILES string of the molecule is CCN(C(N)=O)C1(CN)CCCCC1. The largest absolute Gasteiger partial charge is 0.351 e. The van der Waals surface area contributed by atoms with E-state index in [1.165, 1.54) is 6.42 Å². The molecule has 4 heteroatoms. The second kappa shape index (κ2) is 4.64. The summed E-state index contributed by atoms with van der Waals surface area (Å²) >= 11 is 0. The zero-order chi connectivity index (χ0) is 10.6. The van der Waals surface area contributed by atoms with Gasteiger partial charge in [0.2, 0.25) is 0 Å². The van der Waals surface area contributed by atoms with Crippen molar-refractivity contribution in [2.45, 2.75) is 44.6 Å². The van der Waals surface area contributed by atoms with Crippen LogP contribution in [0.5, 0.6) is 0 Å². The molecule has 0 spiro atoms. The standard InChI is InChI=1S/C10H21N3O/c1-2-13(9(12)14)10(8-11)6-4-3-5-7-10/h2-8,11H2,1H3,(H2,12,14). The summed E-state index contributed by atoms with van der Waals surface area (Å²) in [5.41, 5.74) is 11.0. The second-order valence-corrected chi connectivity index (χ2v) is 4.07. The van der Waals surface area contributed by atoms with Crippen LogP contribution in [0.15, 0.2) is 0 Å². The molecule has 1 saturated carbocycles. The van der Waals surface area contributed by atoms with Crippen LogP contribution in [0.4, 0.5) is 4.79 Å². The summed E-state index contributed by atoms with van der Waals surface area (Å²) < 4.78 is 0. The lowest BCUT2D eigenvalue weighted by Gasteiger charge is -2.44. The smallest absolute Gasteiger partial charge is 0.315 e. The van der Waals surface area contributed by atoms with Crippen LogP contribution in [0.2, 0.25) is 0 Å². The molecule has 0 aromatic carbocycles. The Kier molecular flexibility index (Phi) is 3.75. The molecular weight excluding hydrogens is 178 g/mol.